The van der Waals surface area contributed by atoms with Crippen molar-refractivity contribution < 1.29 is 5.11 Å². The summed E-state index contributed by atoms with van der Waals surface area (Å²) in [5.74, 6) is 0.179. The van der Waals surface area contributed by atoms with Crippen LogP contribution in [0.5, 0.6) is 5.75 Å². The van der Waals surface area contributed by atoms with Crippen LogP contribution in [0.25, 0.3) is 26.8 Å². The van der Waals surface area contributed by atoms with Gasteiger partial charge in [0, 0.05) is 11.1 Å². The van der Waals surface area contributed by atoms with Gasteiger partial charge in [0.25, 0.3) is 0 Å². The normalized spacial score (nSPS) is 11.0. The molecule has 1 N–H and O–H groups in total. The molecular weight excluding hydrogens is 312 g/mol. The molecule has 23 heavy (non-hydrogen) atoms. The summed E-state index contributed by atoms with van der Waals surface area (Å²) < 4.78 is 1.27. The predicted octanol–water partition coefficient (Wildman–Crippen LogP) is 2.59. The molecule has 0 aliphatic carbocycles. The molecule has 0 unspecified atom stereocenters. The minimum Gasteiger partial charge on any atom is -0.508 e. The highest BCUT2D eigenvalue weighted by atomic mass is 32.1. The van der Waals surface area contributed by atoms with Crippen molar-refractivity contribution in [2.75, 3.05) is 0 Å². The first-order valence-corrected chi connectivity index (χ1v) is 7.65. The lowest BCUT2D eigenvalue weighted by atomic mass is 10.2. The Morgan fingerprint density at radius 2 is 1.65 bits per heavy atom. The van der Waals surface area contributed by atoms with Crippen LogP contribution in [0.4, 0.5) is 0 Å². The zero-order valence-electron chi connectivity index (χ0n) is 11.7. The summed E-state index contributed by atoms with van der Waals surface area (Å²) in [5.41, 5.74) is 1.48. The van der Waals surface area contributed by atoms with Crippen LogP contribution in [-0.4, -0.2) is 24.9 Å². The van der Waals surface area contributed by atoms with Crippen LogP contribution in [0.1, 0.15) is 0 Å². The molecule has 0 atom stereocenters. The number of hydrogen-bond acceptors (Lipinski definition) is 6. The van der Waals surface area contributed by atoms with Gasteiger partial charge in [-0.3, -0.25) is 4.79 Å². The van der Waals surface area contributed by atoms with E-state index in [1.807, 2.05) is 30.3 Å². The van der Waals surface area contributed by atoms with Gasteiger partial charge >= 0.3 is 5.56 Å². The lowest BCUT2D eigenvalue weighted by molar-refractivity contribution is 0.475. The molecule has 2 aromatic heterocycles. The van der Waals surface area contributed by atoms with Crippen LogP contribution in [0, 0.1) is 0 Å². The Bertz CT molecular complexity index is 1040. The fourth-order valence-electron chi connectivity index (χ4n) is 2.21. The van der Waals surface area contributed by atoms with Gasteiger partial charge in [-0.15, -0.1) is 10.2 Å². The number of phenols is 1. The van der Waals surface area contributed by atoms with E-state index in [0.717, 1.165) is 5.56 Å². The number of hydrogen-bond donors (Lipinski definition) is 1. The summed E-state index contributed by atoms with van der Waals surface area (Å²) >= 11 is 1.27. The summed E-state index contributed by atoms with van der Waals surface area (Å²) in [6.07, 6.45) is 0. The number of aromatic hydroxyl groups is 1. The van der Waals surface area contributed by atoms with E-state index >= 15 is 0 Å². The van der Waals surface area contributed by atoms with E-state index in [9.17, 15) is 9.90 Å². The van der Waals surface area contributed by atoms with Crippen LogP contribution >= 0.6 is 11.3 Å². The van der Waals surface area contributed by atoms with Crippen LogP contribution in [0.15, 0.2) is 59.4 Å². The predicted molar refractivity (Wildman–Crippen MR) is 87.5 cm³/mol. The van der Waals surface area contributed by atoms with Gasteiger partial charge in [0.05, 0.1) is 0 Å². The van der Waals surface area contributed by atoms with Gasteiger partial charge in [0.15, 0.2) is 5.69 Å². The lowest BCUT2D eigenvalue weighted by Crippen LogP contribution is -2.19. The fourth-order valence-corrected chi connectivity index (χ4v) is 3.05. The van der Waals surface area contributed by atoms with Gasteiger partial charge in [-0.05, 0) is 24.3 Å². The maximum atomic E-state index is 12.6. The second-order valence-electron chi connectivity index (χ2n) is 4.87. The summed E-state index contributed by atoms with van der Waals surface area (Å²) in [5, 5.41) is 22.5. The van der Waals surface area contributed by atoms with E-state index in [0.29, 0.717) is 15.5 Å². The number of phenolic OH excluding ortho intramolecular Hbond substituents is 1. The Balaban J connectivity index is 1.88. The Kier molecular flexibility index (Phi) is 3.13. The van der Waals surface area contributed by atoms with Crippen LogP contribution in [0.3, 0.4) is 0 Å². The molecule has 0 radical (unpaired) electrons. The molecular formula is C16H10N4O2S. The molecule has 2 heterocycles. The molecule has 0 saturated heterocycles. The monoisotopic (exact) mass is 322 g/mol. The molecule has 4 aromatic rings. The molecule has 4 rings (SSSR count). The highest BCUT2D eigenvalue weighted by molar-refractivity contribution is 7.19. The summed E-state index contributed by atoms with van der Waals surface area (Å²) in [6.45, 7) is 0. The summed E-state index contributed by atoms with van der Waals surface area (Å²) in [7, 11) is 0. The topological polar surface area (TPSA) is 80.4 Å². The number of rotatable bonds is 2. The van der Waals surface area contributed by atoms with Crippen molar-refractivity contribution in [3.05, 3.63) is 65.0 Å². The molecule has 0 fully saturated rings. The Labute approximate surface area is 134 Å². The maximum absolute atomic E-state index is 12.6. The smallest absolute Gasteiger partial charge is 0.302 e. The van der Waals surface area contributed by atoms with Crippen molar-refractivity contribution in [1.29, 1.82) is 0 Å². The van der Waals surface area contributed by atoms with Gasteiger partial charge in [-0.25, -0.2) is 0 Å². The standard InChI is InChI=1S/C16H10N4O2S/c21-12-8-6-11(7-9-12)14-19-20-15(22)13(17-18-16(20)23-14)10-4-2-1-3-5-10/h1-9,21H. The lowest BCUT2D eigenvalue weighted by Gasteiger charge is -1.97. The van der Waals surface area contributed by atoms with Gasteiger partial charge in [-0.1, -0.05) is 41.7 Å². The number of benzene rings is 2. The van der Waals surface area contributed by atoms with Crippen molar-refractivity contribution in [3.8, 4) is 27.6 Å². The third-order valence-corrected chi connectivity index (χ3v) is 4.30. The van der Waals surface area contributed by atoms with Crippen molar-refractivity contribution in [3.63, 3.8) is 0 Å². The molecule has 0 saturated carbocycles. The second-order valence-corrected chi connectivity index (χ2v) is 5.82. The van der Waals surface area contributed by atoms with Crippen molar-refractivity contribution in [2.24, 2.45) is 0 Å². The molecule has 2 aromatic carbocycles. The van der Waals surface area contributed by atoms with Crippen LogP contribution in [0.2, 0.25) is 0 Å². The number of nitrogens with zero attached hydrogens (tertiary/aromatic N) is 4. The van der Waals surface area contributed by atoms with Crippen LogP contribution < -0.4 is 5.56 Å². The minimum absolute atomic E-state index is 0.179. The van der Waals surface area contributed by atoms with E-state index < -0.39 is 0 Å². The summed E-state index contributed by atoms with van der Waals surface area (Å²) in [4.78, 5) is 13.0. The van der Waals surface area contributed by atoms with E-state index in [2.05, 4.69) is 15.3 Å². The summed E-state index contributed by atoms with van der Waals surface area (Å²) in [6, 6.07) is 15.8. The molecule has 0 spiro atoms. The SMILES string of the molecule is O=c1c(-c2ccccc2)nnc2sc(-c3ccc(O)cc3)nn12. The average molecular weight is 322 g/mol. The minimum atomic E-state index is -0.303. The van der Waals surface area contributed by atoms with E-state index in [1.54, 1.807) is 24.3 Å². The molecule has 112 valence electrons. The van der Waals surface area contributed by atoms with Gasteiger partial charge < -0.3 is 5.11 Å². The third-order valence-electron chi connectivity index (χ3n) is 3.35. The van der Waals surface area contributed by atoms with E-state index in [1.165, 1.54) is 15.9 Å². The molecule has 0 aliphatic rings. The third kappa shape index (κ3) is 2.36. The Morgan fingerprint density at radius 1 is 0.913 bits per heavy atom. The highest BCUT2D eigenvalue weighted by Crippen LogP contribution is 2.25. The zero-order chi connectivity index (χ0) is 15.8. The Hall–Kier alpha value is -3.06. The van der Waals surface area contributed by atoms with Crippen LogP contribution in [-0.2, 0) is 0 Å². The second kappa shape index (κ2) is 5.29. The fraction of sp³-hybridized carbons (Fsp3) is 0. The molecule has 6 nitrogen and oxygen atoms in total. The van der Waals surface area contributed by atoms with Gasteiger partial charge in [0.2, 0.25) is 4.96 Å². The zero-order valence-corrected chi connectivity index (χ0v) is 12.6. The van der Waals surface area contributed by atoms with Gasteiger partial charge in [-0.2, -0.15) is 9.61 Å². The Morgan fingerprint density at radius 3 is 2.39 bits per heavy atom. The molecule has 0 aliphatic heterocycles. The van der Waals surface area contributed by atoms with E-state index in [4.69, 9.17) is 0 Å². The molecule has 0 amide bonds. The van der Waals surface area contributed by atoms with Crippen molar-refractivity contribution >= 4 is 16.3 Å². The number of fused-ring (bicyclic) bond motifs is 1. The highest BCUT2D eigenvalue weighted by Gasteiger charge is 2.14. The van der Waals surface area contributed by atoms with Crippen molar-refractivity contribution in [1.82, 2.24) is 19.8 Å². The average Bonchev–Trinajstić information content (AvgIpc) is 3.02. The van der Waals surface area contributed by atoms with Crippen molar-refractivity contribution in [2.45, 2.75) is 0 Å². The molecule has 7 heteroatoms. The first-order chi connectivity index (χ1) is 11.2. The van der Waals surface area contributed by atoms with E-state index in [-0.39, 0.29) is 17.0 Å². The van der Waals surface area contributed by atoms with Gasteiger partial charge in [0.1, 0.15) is 10.8 Å². The molecule has 0 bridgehead atoms. The first-order valence-electron chi connectivity index (χ1n) is 6.84. The quantitative estimate of drug-likeness (QED) is 0.613. The first kappa shape index (κ1) is 13.6. The maximum Gasteiger partial charge on any atom is 0.302 e. The largest absolute Gasteiger partial charge is 0.508 e. The number of aromatic nitrogens is 4.